The van der Waals surface area contributed by atoms with Crippen LogP contribution in [0.4, 0.5) is 4.79 Å². The highest BCUT2D eigenvalue weighted by Crippen LogP contribution is 2.13. The van der Waals surface area contributed by atoms with E-state index in [1.165, 1.54) is 0 Å². The summed E-state index contributed by atoms with van der Waals surface area (Å²) in [6.45, 7) is 6.24. The Morgan fingerprint density at radius 2 is 1.85 bits per heavy atom. The third-order valence-electron chi connectivity index (χ3n) is 3.15. The highest BCUT2D eigenvalue weighted by molar-refractivity contribution is 5.77. The Hall–Kier alpha value is -2.04. The number of nitrogens with one attached hydrogen (secondary N) is 1. The molecule has 0 saturated heterocycles. The third-order valence-corrected chi connectivity index (χ3v) is 3.15. The summed E-state index contributed by atoms with van der Waals surface area (Å²) in [4.78, 5) is 24.7. The van der Waals surface area contributed by atoms with Gasteiger partial charge in [0.05, 0.1) is 5.41 Å². The van der Waals surface area contributed by atoms with Gasteiger partial charge in [-0.1, -0.05) is 30.3 Å². The number of hydrogen-bond donors (Lipinski definition) is 2. The highest BCUT2D eigenvalue weighted by atomic mass is 16.4. The average Bonchev–Trinajstić information content (AvgIpc) is 2.43. The zero-order valence-electron chi connectivity index (χ0n) is 12.2. The molecule has 0 atom stereocenters. The van der Waals surface area contributed by atoms with Crippen molar-refractivity contribution in [3.8, 4) is 0 Å². The number of nitrogens with zero attached hydrogens (tertiary/aromatic N) is 1. The zero-order chi connectivity index (χ0) is 15.2. The molecule has 0 aliphatic carbocycles. The molecule has 0 fully saturated rings. The minimum Gasteiger partial charge on any atom is -0.481 e. The minimum absolute atomic E-state index is 0.104. The first kappa shape index (κ1) is 16.0. The van der Waals surface area contributed by atoms with Gasteiger partial charge in [-0.25, -0.2) is 4.79 Å². The molecule has 0 aliphatic heterocycles. The topological polar surface area (TPSA) is 69.6 Å². The van der Waals surface area contributed by atoms with Crippen LogP contribution >= 0.6 is 0 Å². The molecule has 2 N–H and O–H groups in total. The van der Waals surface area contributed by atoms with E-state index in [4.69, 9.17) is 5.11 Å². The van der Waals surface area contributed by atoms with E-state index in [-0.39, 0.29) is 12.6 Å². The van der Waals surface area contributed by atoms with Gasteiger partial charge >= 0.3 is 12.0 Å². The Balaban J connectivity index is 2.58. The van der Waals surface area contributed by atoms with Gasteiger partial charge in [-0.05, 0) is 26.3 Å². The van der Waals surface area contributed by atoms with Gasteiger partial charge in [-0.15, -0.1) is 0 Å². The fourth-order valence-corrected chi connectivity index (χ4v) is 1.62. The molecule has 0 aromatic heterocycles. The van der Waals surface area contributed by atoms with Crippen LogP contribution in [-0.2, 0) is 11.3 Å². The van der Waals surface area contributed by atoms with Gasteiger partial charge in [-0.2, -0.15) is 0 Å². The van der Waals surface area contributed by atoms with Crippen LogP contribution in [0.5, 0.6) is 0 Å². The molecule has 0 heterocycles. The number of carboxylic acids is 1. The van der Waals surface area contributed by atoms with Gasteiger partial charge < -0.3 is 15.3 Å². The normalized spacial score (nSPS) is 10.9. The first-order valence-corrected chi connectivity index (χ1v) is 6.67. The molecule has 5 nitrogen and oxygen atoms in total. The van der Waals surface area contributed by atoms with E-state index in [0.29, 0.717) is 13.1 Å². The van der Waals surface area contributed by atoms with Gasteiger partial charge in [0.2, 0.25) is 0 Å². The lowest BCUT2D eigenvalue weighted by Crippen LogP contribution is -2.45. The van der Waals surface area contributed by atoms with E-state index in [0.717, 1.165) is 5.56 Å². The lowest BCUT2D eigenvalue weighted by atomic mass is 9.94. The van der Waals surface area contributed by atoms with Crippen LogP contribution in [0.25, 0.3) is 0 Å². The number of amides is 2. The van der Waals surface area contributed by atoms with Crippen LogP contribution in [0.3, 0.4) is 0 Å². The number of urea groups is 1. The first-order valence-electron chi connectivity index (χ1n) is 6.67. The third kappa shape index (κ3) is 4.57. The number of aliphatic carboxylic acids is 1. The lowest BCUT2D eigenvalue weighted by molar-refractivity contribution is -0.146. The van der Waals surface area contributed by atoms with Crippen LogP contribution in [0.15, 0.2) is 30.3 Å². The van der Waals surface area contributed by atoms with Gasteiger partial charge in [0.1, 0.15) is 0 Å². The van der Waals surface area contributed by atoms with Crippen LogP contribution < -0.4 is 5.32 Å². The number of carbonyl (C=O) groups is 2. The molecule has 20 heavy (non-hydrogen) atoms. The fourth-order valence-electron chi connectivity index (χ4n) is 1.62. The first-order chi connectivity index (χ1) is 9.36. The molecule has 1 aromatic carbocycles. The van der Waals surface area contributed by atoms with Crippen molar-refractivity contribution in [1.29, 1.82) is 0 Å². The second-order valence-electron chi connectivity index (χ2n) is 5.35. The molecule has 2 amide bonds. The van der Waals surface area contributed by atoms with Gasteiger partial charge in [0.25, 0.3) is 0 Å². The lowest BCUT2D eigenvalue weighted by Gasteiger charge is -2.25. The molecule has 0 unspecified atom stereocenters. The zero-order valence-corrected chi connectivity index (χ0v) is 12.2. The molecule has 0 aliphatic rings. The molecule has 1 aromatic rings. The smallest absolute Gasteiger partial charge is 0.317 e. The summed E-state index contributed by atoms with van der Waals surface area (Å²) in [6.07, 6.45) is 0. The van der Waals surface area contributed by atoms with Crippen molar-refractivity contribution in [3.63, 3.8) is 0 Å². The Kier molecular flexibility index (Phi) is 5.55. The predicted molar refractivity (Wildman–Crippen MR) is 77.3 cm³/mol. The van der Waals surface area contributed by atoms with Crippen LogP contribution in [0, 0.1) is 5.41 Å². The van der Waals surface area contributed by atoms with Crippen molar-refractivity contribution < 1.29 is 14.7 Å². The molecule has 0 radical (unpaired) electrons. The summed E-state index contributed by atoms with van der Waals surface area (Å²) in [7, 11) is 0. The number of hydrogen-bond acceptors (Lipinski definition) is 2. The summed E-state index contributed by atoms with van der Waals surface area (Å²) in [6, 6.07) is 9.44. The predicted octanol–water partition coefficient (Wildman–Crippen LogP) is 2.33. The van der Waals surface area contributed by atoms with Gasteiger partial charge in [0.15, 0.2) is 0 Å². The second-order valence-corrected chi connectivity index (χ2v) is 5.35. The van der Waals surface area contributed by atoms with E-state index in [1.54, 1.807) is 18.7 Å². The second kappa shape index (κ2) is 6.93. The molecule has 0 spiro atoms. The van der Waals surface area contributed by atoms with Crippen molar-refractivity contribution >= 4 is 12.0 Å². The molecule has 0 saturated carbocycles. The molecule has 1 rings (SSSR count). The van der Waals surface area contributed by atoms with Crippen molar-refractivity contribution in [3.05, 3.63) is 35.9 Å². The summed E-state index contributed by atoms with van der Waals surface area (Å²) >= 11 is 0. The van der Waals surface area contributed by atoms with Crippen LogP contribution in [0.1, 0.15) is 26.3 Å². The minimum atomic E-state index is -0.970. The summed E-state index contributed by atoms with van der Waals surface area (Å²) < 4.78 is 0. The van der Waals surface area contributed by atoms with E-state index in [1.807, 2.05) is 37.3 Å². The average molecular weight is 278 g/mol. The Morgan fingerprint density at radius 1 is 1.25 bits per heavy atom. The SMILES string of the molecule is CCN(Cc1ccccc1)C(=O)NCC(C)(C)C(=O)O. The molecular weight excluding hydrogens is 256 g/mol. The fraction of sp³-hybridized carbons (Fsp3) is 0.467. The van der Waals surface area contributed by atoms with E-state index < -0.39 is 11.4 Å². The quantitative estimate of drug-likeness (QED) is 0.839. The molecular formula is C15H22N2O3. The maximum absolute atomic E-state index is 12.1. The Bertz CT molecular complexity index is 457. The molecule has 5 heteroatoms. The molecule has 0 bridgehead atoms. The van der Waals surface area contributed by atoms with Crippen molar-refractivity contribution in [2.45, 2.75) is 27.3 Å². The van der Waals surface area contributed by atoms with Crippen molar-refractivity contribution in [1.82, 2.24) is 10.2 Å². The maximum Gasteiger partial charge on any atom is 0.317 e. The van der Waals surface area contributed by atoms with Crippen molar-refractivity contribution in [2.24, 2.45) is 5.41 Å². The Labute approximate surface area is 119 Å². The van der Waals surface area contributed by atoms with E-state index in [9.17, 15) is 9.59 Å². The van der Waals surface area contributed by atoms with Gasteiger partial charge in [-0.3, -0.25) is 4.79 Å². The highest BCUT2D eigenvalue weighted by Gasteiger charge is 2.28. The summed E-state index contributed by atoms with van der Waals surface area (Å²) in [5.74, 6) is -0.927. The van der Waals surface area contributed by atoms with Gasteiger partial charge in [0, 0.05) is 19.6 Å². The van der Waals surface area contributed by atoms with Crippen LogP contribution in [0.2, 0.25) is 0 Å². The monoisotopic (exact) mass is 278 g/mol. The number of carbonyl (C=O) groups excluding carboxylic acids is 1. The van der Waals surface area contributed by atoms with Crippen LogP contribution in [-0.4, -0.2) is 35.1 Å². The summed E-state index contributed by atoms with van der Waals surface area (Å²) in [5.41, 5.74) is 0.0731. The van der Waals surface area contributed by atoms with E-state index in [2.05, 4.69) is 5.32 Å². The number of rotatable bonds is 6. The van der Waals surface area contributed by atoms with Crippen molar-refractivity contribution in [2.75, 3.05) is 13.1 Å². The molecule has 110 valence electrons. The van der Waals surface area contributed by atoms with E-state index >= 15 is 0 Å². The number of benzene rings is 1. The Morgan fingerprint density at radius 3 is 2.35 bits per heavy atom. The summed E-state index contributed by atoms with van der Waals surface area (Å²) in [5, 5.41) is 11.7. The largest absolute Gasteiger partial charge is 0.481 e. The maximum atomic E-state index is 12.1. The number of carboxylic acid groups (broad SMARTS) is 1. The standard InChI is InChI=1S/C15H22N2O3/c1-4-17(10-12-8-6-5-7-9-12)14(20)16-11-15(2,3)13(18)19/h5-9H,4,10-11H2,1-3H3,(H,16,20)(H,18,19).